The molecule has 0 unspecified atom stereocenters. The Morgan fingerprint density at radius 2 is 1.97 bits per heavy atom. The zero-order valence-corrected chi connectivity index (χ0v) is 19.4. The van der Waals surface area contributed by atoms with Gasteiger partial charge in [0.25, 0.3) is 5.91 Å². The predicted octanol–water partition coefficient (Wildman–Crippen LogP) is 4.26. The molecule has 1 fully saturated rings. The second-order valence-corrected chi connectivity index (χ2v) is 8.69. The van der Waals surface area contributed by atoms with Gasteiger partial charge in [-0.25, -0.2) is 9.37 Å². The summed E-state index contributed by atoms with van der Waals surface area (Å²) in [5.74, 6) is 0.522. The molecule has 1 N–H and O–H groups in total. The number of anilines is 1. The quantitative estimate of drug-likeness (QED) is 0.587. The van der Waals surface area contributed by atoms with Crippen molar-refractivity contribution < 1.29 is 9.18 Å². The van der Waals surface area contributed by atoms with Crippen LogP contribution in [-0.4, -0.2) is 41.4 Å². The van der Waals surface area contributed by atoms with E-state index in [1.807, 2.05) is 50.3 Å². The van der Waals surface area contributed by atoms with Crippen LogP contribution in [0.3, 0.4) is 0 Å². The molecule has 33 heavy (non-hydrogen) atoms. The highest BCUT2D eigenvalue weighted by Crippen LogP contribution is 2.33. The standard InChI is InChI=1S/C26H30FN5O/c1-18-22(26(33)29-16-19-8-10-21(27)11-9-19)12-13-23(30-18)24-7-5-15-32(24)17-20-6-4-14-28-25(20)31(2)3/h4,6,8-14,24H,5,7,15-17H2,1-3H3,(H,29,33)/t24-/m1/s1. The van der Waals surface area contributed by atoms with E-state index in [4.69, 9.17) is 4.98 Å². The number of amides is 1. The smallest absolute Gasteiger partial charge is 0.253 e. The molecule has 1 aliphatic heterocycles. The van der Waals surface area contributed by atoms with Crippen molar-refractivity contribution in [3.05, 3.63) is 88.6 Å². The molecule has 1 amide bonds. The third kappa shape index (κ3) is 5.37. The van der Waals surface area contributed by atoms with Crippen molar-refractivity contribution >= 4 is 11.7 Å². The molecule has 3 heterocycles. The number of hydrogen-bond acceptors (Lipinski definition) is 5. The van der Waals surface area contributed by atoms with Crippen LogP contribution in [0, 0.1) is 12.7 Å². The highest BCUT2D eigenvalue weighted by atomic mass is 19.1. The molecule has 3 aromatic rings. The number of nitrogens with one attached hydrogen (secondary N) is 1. The number of aromatic nitrogens is 2. The number of aryl methyl sites for hydroxylation is 1. The second kappa shape index (κ2) is 10.1. The van der Waals surface area contributed by atoms with Gasteiger partial charge in [-0.1, -0.05) is 18.2 Å². The van der Waals surface area contributed by atoms with Crippen LogP contribution in [0.25, 0.3) is 0 Å². The molecule has 172 valence electrons. The summed E-state index contributed by atoms with van der Waals surface area (Å²) in [5.41, 5.74) is 4.32. The predicted molar refractivity (Wildman–Crippen MR) is 127 cm³/mol. The minimum absolute atomic E-state index is 0.176. The number of pyridine rings is 2. The Morgan fingerprint density at radius 1 is 1.18 bits per heavy atom. The minimum atomic E-state index is -0.289. The van der Waals surface area contributed by atoms with Crippen LogP contribution >= 0.6 is 0 Å². The van der Waals surface area contributed by atoms with Crippen LogP contribution in [0.4, 0.5) is 10.2 Å². The van der Waals surface area contributed by atoms with Crippen LogP contribution < -0.4 is 10.2 Å². The van der Waals surface area contributed by atoms with Gasteiger partial charge in [-0.15, -0.1) is 0 Å². The van der Waals surface area contributed by atoms with Crippen molar-refractivity contribution in [2.24, 2.45) is 0 Å². The van der Waals surface area contributed by atoms with Gasteiger partial charge in [0.05, 0.1) is 23.0 Å². The van der Waals surface area contributed by atoms with Gasteiger partial charge < -0.3 is 10.2 Å². The molecule has 7 heteroatoms. The number of halogens is 1. The zero-order valence-electron chi connectivity index (χ0n) is 19.4. The molecule has 0 bridgehead atoms. The van der Waals surface area contributed by atoms with Crippen molar-refractivity contribution in [2.75, 3.05) is 25.5 Å². The average molecular weight is 448 g/mol. The van der Waals surface area contributed by atoms with E-state index < -0.39 is 0 Å². The van der Waals surface area contributed by atoms with Crippen LogP contribution in [0.15, 0.2) is 54.7 Å². The normalized spacial score (nSPS) is 16.1. The molecule has 0 aliphatic carbocycles. The van der Waals surface area contributed by atoms with E-state index in [2.05, 4.69) is 21.3 Å². The third-order valence-corrected chi connectivity index (χ3v) is 6.09. The fraction of sp³-hybridized carbons (Fsp3) is 0.346. The van der Waals surface area contributed by atoms with Crippen molar-refractivity contribution in [1.82, 2.24) is 20.2 Å². The Balaban J connectivity index is 1.45. The van der Waals surface area contributed by atoms with Crippen LogP contribution in [0.2, 0.25) is 0 Å². The van der Waals surface area contributed by atoms with Gasteiger partial charge in [0.15, 0.2) is 0 Å². The molecular weight excluding hydrogens is 417 g/mol. The minimum Gasteiger partial charge on any atom is -0.362 e. The summed E-state index contributed by atoms with van der Waals surface area (Å²) < 4.78 is 13.1. The van der Waals surface area contributed by atoms with Crippen molar-refractivity contribution in [3.8, 4) is 0 Å². The van der Waals surface area contributed by atoms with Crippen molar-refractivity contribution in [3.63, 3.8) is 0 Å². The first-order valence-corrected chi connectivity index (χ1v) is 11.3. The maximum absolute atomic E-state index is 13.1. The molecule has 0 spiro atoms. The summed E-state index contributed by atoms with van der Waals surface area (Å²) in [6.45, 7) is 4.04. The topological polar surface area (TPSA) is 61.4 Å². The maximum Gasteiger partial charge on any atom is 0.253 e. The second-order valence-electron chi connectivity index (χ2n) is 8.69. The molecular formula is C26H30FN5O. The lowest BCUT2D eigenvalue weighted by atomic mass is 10.1. The van der Waals surface area contributed by atoms with Crippen molar-refractivity contribution in [1.29, 1.82) is 0 Å². The number of benzene rings is 1. The molecule has 1 atom stereocenters. The molecule has 6 nitrogen and oxygen atoms in total. The summed E-state index contributed by atoms with van der Waals surface area (Å²) in [6, 6.07) is 14.3. The lowest BCUT2D eigenvalue weighted by molar-refractivity contribution is 0.0949. The molecule has 4 rings (SSSR count). The molecule has 2 aromatic heterocycles. The summed E-state index contributed by atoms with van der Waals surface area (Å²) >= 11 is 0. The van der Waals surface area contributed by atoms with Crippen LogP contribution in [-0.2, 0) is 13.1 Å². The van der Waals surface area contributed by atoms with Gasteiger partial charge in [-0.2, -0.15) is 0 Å². The Labute approximate surface area is 194 Å². The van der Waals surface area contributed by atoms with E-state index in [1.54, 1.807) is 12.1 Å². The summed E-state index contributed by atoms with van der Waals surface area (Å²) in [7, 11) is 4.02. The number of likely N-dealkylation sites (tertiary alicyclic amines) is 1. The largest absolute Gasteiger partial charge is 0.362 e. The summed E-state index contributed by atoms with van der Waals surface area (Å²) in [4.78, 5) is 26.5. The zero-order chi connectivity index (χ0) is 23.4. The van der Waals surface area contributed by atoms with Gasteiger partial charge in [-0.05, 0) is 62.2 Å². The molecule has 0 radical (unpaired) electrons. The number of carbonyl (C=O) groups excluding carboxylic acids is 1. The first-order valence-electron chi connectivity index (χ1n) is 11.3. The lowest BCUT2D eigenvalue weighted by Gasteiger charge is -2.26. The fourth-order valence-corrected chi connectivity index (χ4v) is 4.41. The van der Waals surface area contributed by atoms with Gasteiger partial charge >= 0.3 is 0 Å². The summed E-state index contributed by atoms with van der Waals surface area (Å²) in [6.07, 6.45) is 3.98. The van der Waals surface area contributed by atoms with E-state index in [-0.39, 0.29) is 17.8 Å². The van der Waals surface area contributed by atoms with Gasteiger partial charge in [-0.3, -0.25) is 14.7 Å². The van der Waals surface area contributed by atoms with Crippen LogP contribution in [0.1, 0.15) is 51.8 Å². The number of rotatable bonds is 7. The van der Waals surface area contributed by atoms with E-state index in [9.17, 15) is 9.18 Å². The first kappa shape index (κ1) is 22.9. The summed E-state index contributed by atoms with van der Waals surface area (Å²) in [5, 5.41) is 2.90. The average Bonchev–Trinajstić information content (AvgIpc) is 3.27. The number of hydrogen-bond donors (Lipinski definition) is 1. The first-order chi connectivity index (χ1) is 15.9. The molecule has 1 saturated heterocycles. The monoisotopic (exact) mass is 447 g/mol. The Hall–Kier alpha value is -3.32. The fourth-order valence-electron chi connectivity index (χ4n) is 4.41. The third-order valence-electron chi connectivity index (χ3n) is 6.09. The van der Waals surface area contributed by atoms with Crippen LogP contribution in [0.5, 0.6) is 0 Å². The van der Waals surface area contributed by atoms with Gasteiger partial charge in [0.1, 0.15) is 11.6 Å². The van der Waals surface area contributed by atoms with E-state index in [1.165, 1.54) is 17.7 Å². The Morgan fingerprint density at radius 3 is 2.70 bits per heavy atom. The molecule has 0 saturated carbocycles. The van der Waals surface area contributed by atoms with E-state index in [0.29, 0.717) is 17.8 Å². The van der Waals surface area contributed by atoms with Gasteiger partial charge in [0, 0.05) is 38.9 Å². The Bertz CT molecular complexity index is 1120. The molecule has 1 aromatic carbocycles. The van der Waals surface area contributed by atoms with E-state index in [0.717, 1.165) is 43.0 Å². The van der Waals surface area contributed by atoms with Gasteiger partial charge in [0.2, 0.25) is 0 Å². The van der Waals surface area contributed by atoms with Crippen molar-refractivity contribution in [2.45, 2.75) is 38.9 Å². The highest BCUT2D eigenvalue weighted by Gasteiger charge is 2.28. The van der Waals surface area contributed by atoms with E-state index >= 15 is 0 Å². The lowest BCUT2D eigenvalue weighted by Crippen LogP contribution is -2.26. The molecule has 1 aliphatic rings. The Kier molecular flexibility index (Phi) is 6.99. The highest BCUT2D eigenvalue weighted by molar-refractivity contribution is 5.95. The number of carbonyl (C=O) groups is 1. The maximum atomic E-state index is 13.1. The number of nitrogens with zero attached hydrogens (tertiary/aromatic N) is 4. The SMILES string of the molecule is Cc1nc([C@H]2CCCN2Cc2cccnc2N(C)C)ccc1C(=O)NCc1ccc(F)cc1.